The first-order valence-electron chi connectivity index (χ1n) is 8.18. The van der Waals surface area contributed by atoms with Gasteiger partial charge in [0.2, 0.25) is 0 Å². The molecular weight excluding hydrogens is 331 g/mol. The van der Waals surface area contributed by atoms with E-state index in [1.54, 1.807) is 19.1 Å². The van der Waals surface area contributed by atoms with Gasteiger partial charge in [-0.1, -0.05) is 54.1 Å². The molecule has 0 aliphatic rings. The van der Waals surface area contributed by atoms with Gasteiger partial charge in [-0.05, 0) is 55.2 Å². The summed E-state index contributed by atoms with van der Waals surface area (Å²) in [5.74, 6) is 0. The second-order valence-corrected chi connectivity index (χ2v) is 8.61. The maximum absolute atomic E-state index is 13.3. The van der Waals surface area contributed by atoms with Gasteiger partial charge in [0, 0.05) is 5.56 Å². The van der Waals surface area contributed by atoms with E-state index < -0.39 is 12.9 Å². The van der Waals surface area contributed by atoms with Crippen molar-refractivity contribution in [1.82, 2.24) is 0 Å². The Hall–Kier alpha value is -2.22. The fraction of sp³-hybridized carbons (Fsp3) is 0.190. The third kappa shape index (κ3) is 2.95. The normalized spacial score (nSPS) is 13.6. The van der Waals surface area contributed by atoms with Gasteiger partial charge in [0.15, 0.2) is 0 Å². The predicted octanol–water partition coefficient (Wildman–Crippen LogP) is 4.81. The summed E-state index contributed by atoms with van der Waals surface area (Å²) in [6.07, 6.45) is 0. The Bertz CT molecular complexity index is 1030. The second kappa shape index (κ2) is 6.25. The zero-order chi connectivity index (χ0) is 18.4. The van der Waals surface area contributed by atoms with Crippen LogP contribution in [-0.2, 0) is 4.57 Å². The zero-order valence-corrected chi connectivity index (χ0v) is 15.7. The van der Waals surface area contributed by atoms with Crippen LogP contribution in [-0.4, -0.2) is 10.4 Å². The minimum atomic E-state index is -4.25. The lowest BCUT2D eigenvalue weighted by Crippen LogP contribution is -2.18. The third-order valence-electron chi connectivity index (χ3n) is 4.57. The molecule has 0 amide bonds. The van der Waals surface area contributed by atoms with Crippen LogP contribution in [0.1, 0.15) is 32.6 Å². The average molecular weight is 352 g/mol. The summed E-state index contributed by atoms with van der Waals surface area (Å²) in [5, 5.41) is 1.75. The van der Waals surface area contributed by atoms with Crippen LogP contribution in [0.25, 0.3) is 10.8 Å². The second-order valence-electron chi connectivity index (χ2n) is 6.61. The van der Waals surface area contributed by atoms with Crippen LogP contribution in [0.3, 0.4) is 0 Å². The molecule has 3 nitrogen and oxygen atoms in total. The highest BCUT2D eigenvalue weighted by molar-refractivity contribution is 7.83. The largest absolute Gasteiger partial charge is 0.336 e. The van der Waals surface area contributed by atoms with E-state index in [0.29, 0.717) is 16.5 Å². The topological polar surface area (TPSA) is 54.4 Å². The number of benzene rings is 3. The molecule has 0 saturated heterocycles. The summed E-state index contributed by atoms with van der Waals surface area (Å²) < 4.78 is 13.3. The third-order valence-corrected chi connectivity index (χ3v) is 6.55. The van der Waals surface area contributed by atoms with Crippen molar-refractivity contribution >= 4 is 29.0 Å². The maximum atomic E-state index is 13.3. The molecular formula is C21H21O3P. The molecule has 0 bridgehead atoms. The maximum Gasteiger partial charge on any atom is 0.299 e. The highest BCUT2D eigenvalue weighted by Crippen LogP contribution is 2.47. The first-order valence-corrected chi connectivity index (χ1v) is 9.84. The van der Waals surface area contributed by atoms with Gasteiger partial charge in [-0.15, -0.1) is 0 Å². The average Bonchev–Trinajstić information content (AvgIpc) is 2.53. The minimum Gasteiger partial charge on any atom is -0.336 e. The van der Waals surface area contributed by atoms with Crippen LogP contribution in [0.4, 0.5) is 0 Å². The monoisotopic (exact) mass is 352 g/mol. The number of hydrogen-bond acceptors (Lipinski definition) is 2. The first kappa shape index (κ1) is 17.6. The Kier molecular flexibility index (Phi) is 4.40. The SMILES string of the molecule is Cc1cc(C)c(C(=O)P(=O)(O)c2c(C)ccc3ccccc23)c(C)c1. The van der Waals surface area contributed by atoms with Crippen LogP contribution in [0.2, 0.25) is 0 Å². The van der Waals surface area contributed by atoms with Gasteiger partial charge in [-0.3, -0.25) is 9.36 Å². The number of aryl methyl sites for hydroxylation is 4. The molecule has 128 valence electrons. The molecule has 0 aliphatic carbocycles. The van der Waals surface area contributed by atoms with E-state index >= 15 is 0 Å². The summed E-state index contributed by atoms with van der Waals surface area (Å²) in [5.41, 5.74) is 2.80. The number of fused-ring (bicyclic) bond motifs is 1. The zero-order valence-electron chi connectivity index (χ0n) is 14.8. The molecule has 0 radical (unpaired) electrons. The van der Waals surface area contributed by atoms with E-state index in [2.05, 4.69) is 0 Å². The molecule has 0 fully saturated rings. The molecule has 25 heavy (non-hydrogen) atoms. The van der Waals surface area contributed by atoms with Crippen LogP contribution in [0.15, 0.2) is 48.5 Å². The van der Waals surface area contributed by atoms with Crippen LogP contribution >= 0.6 is 7.37 Å². The van der Waals surface area contributed by atoms with Gasteiger partial charge in [-0.2, -0.15) is 0 Å². The molecule has 1 unspecified atom stereocenters. The number of rotatable bonds is 3. The van der Waals surface area contributed by atoms with Crippen LogP contribution in [0.5, 0.6) is 0 Å². The van der Waals surface area contributed by atoms with Crippen molar-refractivity contribution in [2.75, 3.05) is 0 Å². The van der Waals surface area contributed by atoms with Gasteiger partial charge in [0.25, 0.3) is 12.9 Å². The number of hydrogen-bond donors (Lipinski definition) is 1. The van der Waals surface area contributed by atoms with Crippen molar-refractivity contribution in [3.63, 3.8) is 0 Å². The lowest BCUT2D eigenvalue weighted by Gasteiger charge is -2.18. The van der Waals surface area contributed by atoms with Gasteiger partial charge >= 0.3 is 0 Å². The van der Waals surface area contributed by atoms with E-state index in [9.17, 15) is 14.3 Å². The molecule has 1 N–H and O–H groups in total. The molecule has 0 aliphatic heterocycles. The van der Waals surface area contributed by atoms with Crippen LogP contribution in [0, 0.1) is 27.7 Å². The van der Waals surface area contributed by atoms with E-state index in [0.717, 1.165) is 22.1 Å². The van der Waals surface area contributed by atoms with E-state index in [4.69, 9.17) is 0 Å². The number of carbonyl (C=O) groups excluding carboxylic acids is 1. The van der Waals surface area contributed by atoms with E-state index in [1.807, 2.05) is 57.2 Å². The summed E-state index contributed by atoms with van der Waals surface area (Å²) in [4.78, 5) is 24.0. The predicted molar refractivity (Wildman–Crippen MR) is 103 cm³/mol. The lowest BCUT2D eigenvalue weighted by atomic mass is 10.0. The summed E-state index contributed by atoms with van der Waals surface area (Å²) in [7, 11) is -4.25. The van der Waals surface area contributed by atoms with Gasteiger partial charge in [0.05, 0.1) is 5.30 Å². The lowest BCUT2D eigenvalue weighted by molar-refractivity contribution is 0.106. The first-order chi connectivity index (χ1) is 11.7. The van der Waals surface area contributed by atoms with Crippen molar-refractivity contribution in [3.05, 3.63) is 76.3 Å². The van der Waals surface area contributed by atoms with Gasteiger partial charge in [0.1, 0.15) is 0 Å². The Morgan fingerprint density at radius 2 is 1.48 bits per heavy atom. The van der Waals surface area contributed by atoms with Crippen molar-refractivity contribution in [1.29, 1.82) is 0 Å². The summed E-state index contributed by atoms with van der Waals surface area (Å²) in [6, 6.07) is 14.8. The Morgan fingerprint density at radius 1 is 0.880 bits per heavy atom. The smallest absolute Gasteiger partial charge is 0.299 e. The van der Waals surface area contributed by atoms with Crippen molar-refractivity contribution < 1.29 is 14.3 Å². The summed E-state index contributed by atoms with van der Waals surface area (Å²) >= 11 is 0. The van der Waals surface area contributed by atoms with Gasteiger partial charge < -0.3 is 4.89 Å². The Labute approximate surface area is 147 Å². The molecule has 0 heterocycles. The highest BCUT2D eigenvalue weighted by Gasteiger charge is 2.36. The standard InChI is InChI=1S/C21H21O3P/c1-13-11-15(3)19(16(4)12-13)21(22)25(23,24)20-14(2)9-10-17-7-5-6-8-18(17)20/h5-12H,1-4H3,(H,23,24). The van der Waals surface area contributed by atoms with Crippen molar-refractivity contribution in [3.8, 4) is 0 Å². The van der Waals surface area contributed by atoms with Crippen molar-refractivity contribution in [2.45, 2.75) is 27.7 Å². The highest BCUT2D eigenvalue weighted by atomic mass is 31.2. The Morgan fingerprint density at radius 3 is 2.12 bits per heavy atom. The summed E-state index contributed by atoms with van der Waals surface area (Å²) in [6.45, 7) is 7.33. The fourth-order valence-corrected chi connectivity index (χ4v) is 5.48. The molecule has 4 heteroatoms. The molecule has 0 spiro atoms. The number of carbonyl (C=O) groups is 1. The van der Waals surface area contributed by atoms with Crippen LogP contribution < -0.4 is 5.30 Å². The Balaban J connectivity index is 2.26. The minimum absolute atomic E-state index is 0.245. The molecule has 0 aromatic heterocycles. The molecule has 3 aromatic carbocycles. The van der Waals surface area contributed by atoms with E-state index in [-0.39, 0.29) is 5.30 Å². The molecule has 3 rings (SSSR count). The van der Waals surface area contributed by atoms with Crippen molar-refractivity contribution in [2.24, 2.45) is 0 Å². The molecule has 0 saturated carbocycles. The quantitative estimate of drug-likeness (QED) is 0.688. The van der Waals surface area contributed by atoms with Gasteiger partial charge in [-0.25, -0.2) is 0 Å². The molecule has 3 aromatic rings. The van der Waals surface area contributed by atoms with E-state index in [1.165, 1.54) is 0 Å². The fourth-order valence-electron chi connectivity index (χ4n) is 3.54. The molecule has 1 atom stereocenters.